The number of fused-ring (bicyclic) bond motifs is 3. The molecule has 3 aliphatic heterocycles. The van der Waals surface area contributed by atoms with Crippen LogP contribution >= 0.6 is 11.6 Å². The molecule has 3 heterocycles. The Morgan fingerprint density at radius 3 is 2.25 bits per heavy atom. The lowest BCUT2D eigenvalue weighted by molar-refractivity contribution is -0.302. The quantitative estimate of drug-likeness (QED) is 0.161. The van der Waals surface area contributed by atoms with Crippen LogP contribution in [-0.2, 0) is 42.9 Å². The number of alkyl halides is 1. The third-order valence-corrected chi connectivity index (χ3v) is 13.3. The van der Waals surface area contributed by atoms with Crippen molar-refractivity contribution in [2.45, 2.75) is 166 Å². The summed E-state index contributed by atoms with van der Waals surface area (Å²) in [4.78, 5) is 57.7. The van der Waals surface area contributed by atoms with Gasteiger partial charge in [-0.25, -0.2) is 4.79 Å². The van der Waals surface area contributed by atoms with Gasteiger partial charge in [0.1, 0.15) is 24.0 Å². The van der Waals surface area contributed by atoms with Crippen molar-refractivity contribution < 1.29 is 58.6 Å². The summed E-state index contributed by atoms with van der Waals surface area (Å²) >= 11 is 6.52. The summed E-state index contributed by atoms with van der Waals surface area (Å²) in [6.07, 6.45) is 5.16. The number of Topliss-reactive ketones (excluding diaryl/α,β-unsaturated/α-hetero) is 2. The van der Waals surface area contributed by atoms with Crippen molar-refractivity contribution in [1.82, 2.24) is 4.90 Å². The second-order valence-corrected chi connectivity index (χ2v) is 17.7. The first-order valence-corrected chi connectivity index (χ1v) is 21.2. The molecule has 1 unspecified atom stereocenters. The summed E-state index contributed by atoms with van der Waals surface area (Å²) in [5.41, 5.74) is 1.71. The van der Waals surface area contributed by atoms with E-state index in [1.54, 1.807) is 21.0 Å². The molecule has 1 amide bonds. The molecular weight excluding hydrogens is 758 g/mol. The van der Waals surface area contributed by atoms with Crippen LogP contribution < -0.4 is 0 Å². The molecule has 1 aliphatic carbocycles. The Kier molecular flexibility index (Phi) is 18.8. The predicted octanol–water partition coefficient (Wildman–Crippen LogP) is 4.89. The van der Waals surface area contributed by atoms with Crippen LogP contribution in [0.15, 0.2) is 23.3 Å². The van der Waals surface area contributed by atoms with E-state index in [-0.39, 0.29) is 60.4 Å². The van der Waals surface area contributed by atoms with Crippen LogP contribution in [0.3, 0.4) is 0 Å². The van der Waals surface area contributed by atoms with Crippen LogP contribution in [0.4, 0.5) is 0 Å². The number of cyclic esters (lactones) is 1. The summed E-state index contributed by atoms with van der Waals surface area (Å²) in [6.45, 7) is 11.3. The van der Waals surface area contributed by atoms with Gasteiger partial charge in [0, 0.05) is 52.0 Å². The molecule has 14 atom stereocenters. The van der Waals surface area contributed by atoms with Crippen LogP contribution in [-0.4, -0.2) is 126 Å². The molecule has 13 nitrogen and oxygen atoms in total. The Labute approximate surface area is 344 Å². The van der Waals surface area contributed by atoms with E-state index in [2.05, 4.69) is 6.92 Å². The highest BCUT2D eigenvalue weighted by Gasteiger charge is 2.56. The number of amides is 1. The first kappa shape index (κ1) is 49.1. The first-order chi connectivity index (χ1) is 26.5. The van der Waals surface area contributed by atoms with Gasteiger partial charge in [0.05, 0.1) is 29.8 Å². The number of ether oxygens (including phenoxy) is 5. The molecule has 326 valence electrons. The Morgan fingerprint density at radius 2 is 1.61 bits per heavy atom. The van der Waals surface area contributed by atoms with Gasteiger partial charge < -0.3 is 44.3 Å². The zero-order valence-corrected chi connectivity index (χ0v) is 36.3. The van der Waals surface area contributed by atoms with Gasteiger partial charge in [0.25, 0.3) is 11.7 Å². The number of halogens is 1. The summed E-state index contributed by atoms with van der Waals surface area (Å²) in [5, 5.41) is 23.6. The van der Waals surface area contributed by atoms with Crippen LogP contribution in [0.5, 0.6) is 0 Å². The molecule has 2 bridgehead atoms. The fraction of sp³-hybridized carbons (Fsp3) is 0.814. The number of aliphatic hydroxyl groups is 2. The Balaban J connectivity index is 0.00000870. The van der Waals surface area contributed by atoms with Crippen LogP contribution in [0.25, 0.3) is 0 Å². The van der Waals surface area contributed by atoms with Crippen molar-refractivity contribution in [3.05, 3.63) is 23.3 Å². The number of carbonyl (C=O) groups is 4. The number of hydrogen-bond donors (Lipinski definition) is 2. The average molecular weight is 828 g/mol. The topological polar surface area (TPSA) is 190 Å². The maximum Gasteiger partial charge on any atom is 0.329 e. The van der Waals surface area contributed by atoms with Gasteiger partial charge >= 0.3 is 5.97 Å². The molecule has 1 saturated carbocycles. The number of nitrogens with zero attached hydrogens (tertiary/aromatic N) is 1. The Morgan fingerprint density at radius 1 is 0.965 bits per heavy atom. The number of ketones is 2. The first-order valence-electron chi connectivity index (χ1n) is 20.7. The van der Waals surface area contributed by atoms with Crippen LogP contribution in [0, 0.1) is 29.6 Å². The molecule has 0 spiro atoms. The zero-order valence-electron chi connectivity index (χ0n) is 35.5. The number of rotatable bonds is 6. The number of esters is 1. The van der Waals surface area contributed by atoms with Gasteiger partial charge in [0.2, 0.25) is 5.79 Å². The smallest absolute Gasteiger partial charge is 0.329 e. The highest BCUT2D eigenvalue weighted by molar-refractivity contribution is 6.39. The number of hydrogen-bond acceptors (Lipinski definition) is 11. The second-order valence-electron chi connectivity index (χ2n) is 17.1. The summed E-state index contributed by atoms with van der Waals surface area (Å²) in [5.74, 6) is -7.31. The largest absolute Gasteiger partial charge is 0.456 e. The lowest BCUT2D eigenvalue weighted by Crippen LogP contribution is -2.64. The van der Waals surface area contributed by atoms with E-state index in [0.29, 0.717) is 44.1 Å². The van der Waals surface area contributed by atoms with Gasteiger partial charge in [-0.2, -0.15) is 0 Å². The second kappa shape index (κ2) is 21.9. The molecule has 3 fully saturated rings. The fourth-order valence-electron chi connectivity index (χ4n) is 9.36. The maximum atomic E-state index is 14.3. The lowest BCUT2D eigenvalue weighted by Gasteiger charge is -2.47. The summed E-state index contributed by atoms with van der Waals surface area (Å²) < 4.78 is 29.9. The van der Waals surface area contributed by atoms with Crippen molar-refractivity contribution >= 4 is 35.0 Å². The van der Waals surface area contributed by atoms with Crippen molar-refractivity contribution in [3.8, 4) is 0 Å². The standard InChI is InChI=1S/C43H68ClNO11.H2O/c1-10-30-18-24(2)17-25(3)19-36(53-8)39-37(54-9)21-27(5)43(51,56-39)40(48)41(49)45-16-12-11-13-32(45)42(50)55-38(28(6)33(46)23-34(30)47)26(4)20-29-14-15-31(44)35(22-29)52-7;/h18,20,25,27-33,35-39,46,51H,10-17,19,21-23H2,1-9H3;1H2/b24-18+,26-20+;/t25-,27+,28+,29?,30+,31-,32-,33-,35+,36-,37-,38+,39+,43+;/m0./s1. The molecular formula is C43H70ClNO12. The van der Waals surface area contributed by atoms with E-state index in [4.69, 9.17) is 35.3 Å². The van der Waals surface area contributed by atoms with E-state index in [1.165, 1.54) is 19.1 Å². The third kappa shape index (κ3) is 11.7. The van der Waals surface area contributed by atoms with Gasteiger partial charge in [0.15, 0.2) is 0 Å². The van der Waals surface area contributed by atoms with Crippen LogP contribution in [0.2, 0.25) is 0 Å². The average Bonchev–Trinajstić information content (AvgIpc) is 3.18. The predicted molar refractivity (Wildman–Crippen MR) is 215 cm³/mol. The van der Waals surface area contributed by atoms with E-state index in [9.17, 15) is 29.4 Å². The minimum absolute atomic E-state index is 0. The Bertz CT molecular complexity index is 1440. The molecule has 2 saturated heterocycles. The molecule has 57 heavy (non-hydrogen) atoms. The number of piperidine rings is 1. The molecule has 0 aromatic carbocycles. The van der Waals surface area contributed by atoms with Gasteiger partial charge in [-0.15, -0.1) is 11.6 Å². The Hall–Kier alpha value is -2.23. The molecule has 0 aromatic heterocycles. The minimum Gasteiger partial charge on any atom is -0.456 e. The van der Waals surface area contributed by atoms with E-state index in [1.807, 2.05) is 32.9 Å². The highest BCUT2D eigenvalue weighted by atomic mass is 35.5. The van der Waals surface area contributed by atoms with Gasteiger partial charge in [-0.3, -0.25) is 14.4 Å². The molecule has 0 aromatic rings. The van der Waals surface area contributed by atoms with Crippen molar-refractivity contribution in [1.29, 1.82) is 0 Å². The number of carbonyl (C=O) groups excluding carboxylic acids is 4. The molecule has 4 aliphatic rings. The van der Waals surface area contributed by atoms with Crippen molar-refractivity contribution in [3.63, 3.8) is 0 Å². The van der Waals surface area contributed by atoms with Gasteiger partial charge in [-0.05, 0) is 95.5 Å². The number of aliphatic hydroxyl groups excluding tert-OH is 1. The monoisotopic (exact) mass is 827 g/mol. The number of methoxy groups -OCH3 is 3. The molecule has 0 radical (unpaired) electrons. The van der Waals surface area contributed by atoms with E-state index in [0.717, 1.165) is 18.4 Å². The number of allylic oxidation sites excluding steroid dienone is 3. The third-order valence-electron chi connectivity index (χ3n) is 12.8. The molecule has 4 rings (SSSR count). The van der Waals surface area contributed by atoms with Crippen molar-refractivity contribution in [2.24, 2.45) is 29.6 Å². The summed E-state index contributed by atoms with van der Waals surface area (Å²) in [6, 6.07) is -1.12. The molecule has 14 heteroatoms. The maximum absolute atomic E-state index is 14.3. The van der Waals surface area contributed by atoms with Crippen LogP contribution in [0.1, 0.15) is 112 Å². The fourth-order valence-corrected chi connectivity index (χ4v) is 9.69. The van der Waals surface area contributed by atoms with E-state index < -0.39 is 77.8 Å². The highest BCUT2D eigenvalue weighted by Crippen LogP contribution is 2.39. The summed E-state index contributed by atoms with van der Waals surface area (Å²) in [7, 11) is 4.71. The normalized spacial score (nSPS) is 40.8. The SMILES string of the molecule is CC[C@@H]1/C=C(\C)C[C@H](C)C[C@H](OC)[C@H]2O[C@@](O)(C(=O)C(=O)N3CCCC[C@H]3C(=O)O[C@H](/C(C)=C/C3CC[C@H](Cl)[C@H](OC)C3)[C@H](C)[C@@H](O)CC1=O)[C@H](C)C[C@@H]2OC.O. The minimum atomic E-state index is -2.49. The lowest BCUT2D eigenvalue weighted by atomic mass is 9.82. The van der Waals surface area contributed by atoms with E-state index >= 15 is 0 Å². The molecule has 4 N–H and O–H groups in total. The van der Waals surface area contributed by atoms with Gasteiger partial charge in [-0.1, -0.05) is 45.4 Å². The van der Waals surface area contributed by atoms with Crippen molar-refractivity contribution in [2.75, 3.05) is 27.9 Å². The zero-order chi connectivity index (χ0) is 41.5.